The van der Waals surface area contributed by atoms with Crippen LogP contribution in [0.25, 0.3) is 0 Å². The van der Waals surface area contributed by atoms with Gasteiger partial charge in [0.1, 0.15) is 11.5 Å². The summed E-state index contributed by atoms with van der Waals surface area (Å²) in [4.78, 5) is 31.1. The molecule has 1 aromatic carbocycles. The second kappa shape index (κ2) is 9.26. The molecule has 156 valence electrons. The van der Waals surface area contributed by atoms with Gasteiger partial charge >= 0.3 is 0 Å². The zero-order valence-electron chi connectivity index (χ0n) is 17.2. The van der Waals surface area contributed by atoms with Gasteiger partial charge in [-0.25, -0.2) is 4.98 Å². The van der Waals surface area contributed by atoms with Crippen LogP contribution in [0.4, 0.5) is 5.13 Å². The number of thiazole rings is 1. The van der Waals surface area contributed by atoms with Gasteiger partial charge in [0.15, 0.2) is 5.13 Å². The molecule has 0 unspecified atom stereocenters. The van der Waals surface area contributed by atoms with E-state index in [2.05, 4.69) is 10.3 Å². The first kappa shape index (κ1) is 21.1. The fraction of sp³-hybridized carbons (Fsp3) is 0.476. The van der Waals surface area contributed by atoms with Gasteiger partial charge in [0.05, 0.1) is 26.3 Å². The zero-order valence-corrected chi connectivity index (χ0v) is 18.0. The summed E-state index contributed by atoms with van der Waals surface area (Å²) in [6.07, 6.45) is 2.21. The summed E-state index contributed by atoms with van der Waals surface area (Å²) >= 11 is 1.34. The molecule has 1 heterocycles. The second-order valence-electron chi connectivity index (χ2n) is 7.40. The Bertz CT molecular complexity index is 877. The Hall–Kier alpha value is -2.61. The highest BCUT2D eigenvalue weighted by Gasteiger charge is 2.33. The molecule has 1 aromatic heterocycles. The normalized spacial score (nSPS) is 13.3. The van der Waals surface area contributed by atoms with E-state index in [-0.39, 0.29) is 30.2 Å². The molecule has 0 saturated heterocycles. The third kappa shape index (κ3) is 5.47. The number of benzene rings is 1. The monoisotopic (exact) mass is 417 g/mol. The summed E-state index contributed by atoms with van der Waals surface area (Å²) in [5, 5.41) is 5.13. The summed E-state index contributed by atoms with van der Waals surface area (Å²) in [7, 11) is 3.24. The minimum atomic E-state index is -0.118. The molecule has 1 fully saturated rings. The highest BCUT2D eigenvalue weighted by Crippen LogP contribution is 2.32. The standard InChI is InChI=1S/C21H27N3O4S/c1-13(2)20(26)23-21-22-15(12-29-21)10-19(25)24(16-5-6-16)11-14-9-17(27-3)7-8-18(14)28-4/h7-9,12-13,16H,5-6,10-11H2,1-4H3,(H,22,23,26). The van der Waals surface area contributed by atoms with Gasteiger partial charge in [0.25, 0.3) is 0 Å². The average Bonchev–Trinajstić information content (AvgIpc) is 3.46. The molecule has 8 heteroatoms. The number of hydrogen-bond acceptors (Lipinski definition) is 6. The third-order valence-corrected chi connectivity index (χ3v) is 5.58. The predicted octanol–water partition coefficient (Wildman–Crippen LogP) is 3.49. The van der Waals surface area contributed by atoms with Crippen molar-refractivity contribution < 1.29 is 19.1 Å². The van der Waals surface area contributed by atoms with Gasteiger partial charge in [-0.15, -0.1) is 11.3 Å². The van der Waals surface area contributed by atoms with E-state index in [9.17, 15) is 9.59 Å². The fourth-order valence-electron chi connectivity index (χ4n) is 2.95. The van der Waals surface area contributed by atoms with Crippen LogP contribution in [0.1, 0.15) is 37.9 Å². The highest BCUT2D eigenvalue weighted by atomic mass is 32.1. The number of anilines is 1. The van der Waals surface area contributed by atoms with E-state index in [4.69, 9.17) is 9.47 Å². The smallest absolute Gasteiger partial charge is 0.229 e. The molecule has 0 radical (unpaired) electrons. The van der Waals surface area contributed by atoms with Crippen molar-refractivity contribution in [3.05, 3.63) is 34.8 Å². The van der Waals surface area contributed by atoms with Crippen LogP contribution in [0.15, 0.2) is 23.6 Å². The fourth-order valence-corrected chi connectivity index (χ4v) is 3.66. The summed E-state index contributed by atoms with van der Waals surface area (Å²) in [6.45, 7) is 4.12. The third-order valence-electron chi connectivity index (χ3n) is 4.77. The van der Waals surface area contributed by atoms with Crippen LogP contribution in [0.5, 0.6) is 11.5 Å². The van der Waals surface area contributed by atoms with Crippen LogP contribution in [0.2, 0.25) is 0 Å². The van der Waals surface area contributed by atoms with E-state index in [1.54, 1.807) is 14.2 Å². The number of aromatic nitrogens is 1. The molecule has 7 nitrogen and oxygen atoms in total. The Morgan fingerprint density at radius 3 is 2.66 bits per heavy atom. The van der Waals surface area contributed by atoms with Crippen molar-refractivity contribution in [3.8, 4) is 11.5 Å². The van der Waals surface area contributed by atoms with Crippen molar-refractivity contribution >= 4 is 28.3 Å². The second-order valence-corrected chi connectivity index (χ2v) is 8.25. The number of hydrogen-bond donors (Lipinski definition) is 1. The van der Waals surface area contributed by atoms with Gasteiger partial charge in [0.2, 0.25) is 11.8 Å². The number of amides is 2. The van der Waals surface area contributed by atoms with Gasteiger partial charge < -0.3 is 19.7 Å². The van der Waals surface area contributed by atoms with Crippen molar-refractivity contribution in [1.82, 2.24) is 9.88 Å². The summed E-state index contributed by atoms with van der Waals surface area (Å²) in [6, 6.07) is 5.85. The number of carbonyl (C=O) groups excluding carboxylic acids is 2. The first-order valence-corrected chi connectivity index (χ1v) is 10.5. The van der Waals surface area contributed by atoms with E-state index in [0.717, 1.165) is 29.9 Å². The lowest BCUT2D eigenvalue weighted by atomic mass is 10.1. The maximum atomic E-state index is 13.0. The van der Waals surface area contributed by atoms with Crippen LogP contribution in [0, 0.1) is 5.92 Å². The quantitative estimate of drug-likeness (QED) is 0.676. The molecule has 1 aliphatic rings. The minimum absolute atomic E-state index is 0.0180. The minimum Gasteiger partial charge on any atom is -0.497 e. The van der Waals surface area contributed by atoms with E-state index >= 15 is 0 Å². The molecule has 1 saturated carbocycles. The molecule has 1 aliphatic carbocycles. The Kier molecular flexibility index (Phi) is 6.74. The number of methoxy groups -OCH3 is 2. The number of carbonyl (C=O) groups is 2. The van der Waals surface area contributed by atoms with Crippen molar-refractivity contribution in [2.24, 2.45) is 5.92 Å². The first-order valence-electron chi connectivity index (χ1n) is 9.67. The van der Waals surface area contributed by atoms with E-state index in [0.29, 0.717) is 17.4 Å². The number of nitrogens with one attached hydrogen (secondary N) is 1. The molecule has 1 N–H and O–H groups in total. The molecular weight excluding hydrogens is 390 g/mol. The van der Waals surface area contributed by atoms with Crippen LogP contribution < -0.4 is 14.8 Å². The van der Waals surface area contributed by atoms with Crippen LogP contribution in [-0.2, 0) is 22.6 Å². The maximum absolute atomic E-state index is 13.0. The van der Waals surface area contributed by atoms with E-state index in [1.807, 2.05) is 42.3 Å². The van der Waals surface area contributed by atoms with Crippen molar-refractivity contribution in [1.29, 1.82) is 0 Å². The number of nitrogens with zero attached hydrogens (tertiary/aromatic N) is 2. The topological polar surface area (TPSA) is 80.8 Å². The molecule has 3 rings (SSSR count). The van der Waals surface area contributed by atoms with Crippen molar-refractivity contribution in [3.63, 3.8) is 0 Å². The number of ether oxygens (including phenoxy) is 2. The van der Waals surface area contributed by atoms with E-state index in [1.165, 1.54) is 11.3 Å². The maximum Gasteiger partial charge on any atom is 0.229 e. The Labute approximate surface area is 175 Å². The zero-order chi connectivity index (χ0) is 21.0. The predicted molar refractivity (Wildman–Crippen MR) is 112 cm³/mol. The highest BCUT2D eigenvalue weighted by molar-refractivity contribution is 7.13. The summed E-state index contributed by atoms with van der Waals surface area (Å²) < 4.78 is 10.8. The first-order chi connectivity index (χ1) is 13.9. The van der Waals surface area contributed by atoms with Crippen molar-refractivity contribution in [2.75, 3.05) is 19.5 Å². The van der Waals surface area contributed by atoms with Gasteiger partial charge in [0, 0.05) is 29.4 Å². The van der Waals surface area contributed by atoms with Crippen LogP contribution >= 0.6 is 11.3 Å². The van der Waals surface area contributed by atoms with Crippen molar-refractivity contribution in [2.45, 2.75) is 45.7 Å². The number of rotatable bonds is 9. The summed E-state index contributed by atoms with van der Waals surface area (Å²) in [5.41, 5.74) is 1.58. The molecule has 29 heavy (non-hydrogen) atoms. The molecule has 0 aliphatic heterocycles. The Balaban J connectivity index is 1.70. The van der Waals surface area contributed by atoms with Gasteiger partial charge in [-0.3, -0.25) is 9.59 Å². The SMILES string of the molecule is COc1ccc(OC)c(CN(C(=O)Cc2csc(NC(=O)C(C)C)n2)C2CC2)c1. The Morgan fingerprint density at radius 2 is 2.03 bits per heavy atom. The molecule has 0 spiro atoms. The van der Waals surface area contributed by atoms with Gasteiger partial charge in [-0.1, -0.05) is 13.8 Å². The molecule has 2 aromatic rings. The van der Waals surface area contributed by atoms with E-state index < -0.39 is 0 Å². The molecular formula is C21H27N3O4S. The largest absolute Gasteiger partial charge is 0.497 e. The van der Waals surface area contributed by atoms with Gasteiger partial charge in [-0.05, 0) is 31.0 Å². The molecule has 0 atom stereocenters. The lowest BCUT2D eigenvalue weighted by Gasteiger charge is -2.23. The lowest BCUT2D eigenvalue weighted by molar-refractivity contribution is -0.131. The molecule has 2 amide bonds. The van der Waals surface area contributed by atoms with Crippen LogP contribution in [0.3, 0.4) is 0 Å². The lowest BCUT2D eigenvalue weighted by Crippen LogP contribution is -2.34. The Morgan fingerprint density at radius 1 is 1.28 bits per heavy atom. The van der Waals surface area contributed by atoms with Crippen LogP contribution in [-0.4, -0.2) is 42.0 Å². The summed E-state index contributed by atoms with van der Waals surface area (Å²) in [5.74, 6) is 1.28. The van der Waals surface area contributed by atoms with Gasteiger partial charge in [-0.2, -0.15) is 0 Å². The molecule has 0 bridgehead atoms. The average molecular weight is 418 g/mol.